The fourth-order valence-corrected chi connectivity index (χ4v) is 5.18. The van der Waals surface area contributed by atoms with Crippen molar-refractivity contribution in [2.75, 3.05) is 31.5 Å². The summed E-state index contributed by atoms with van der Waals surface area (Å²) in [7, 11) is 5.08. The monoisotopic (exact) mass is 494 g/mol. The summed E-state index contributed by atoms with van der Waals surface area (Å²) >= 11 is 0. The molecule has 0 unspecified atom stereocenters. The van der Waals surface area contributed by atoms with Gasteiger partial charge in [-0.25, -0.2) is 13.9 Å². The van der Waals surface area contributed by atoms with E-state index in [9.17, 15) is 9.18 Å². The van der Waals surface area contributed by atoms with Crippen LogP contribution in [0, 0.1) is 0 Å². The van der Waals surface area contributed by atoms with Gasteiger partial charge < -0.3 is 25.4 Å². The number of anilines is 3. The first-order chi connectivity index (χ1) is 17.5. The molecule has 36 heavy (non-hydrogen) atoms. The number of imidazole rings is 1. The van der Waals surface area contributed by atoms with E-state index in [2.05, 4.69) is 21.5 Å². The number of halogens is 1. The van der Waals surface area contributed by atoms with Crippen molar-refractivity contribution in [2.24, 2.45) is 5.73 Å². The maximum absolute atomic E-state index is 14.6. The van der Waals surface area contributed by atoms with Crippen LogP contribution in [0.2, 0.25) is 0 Å². The molecule has 2 aliphatic carbocycles. The Hall–Kier alpha value is -3.82. The number of benzene rings is 1. The lowest BCUT2D eigenvalue weighted by Crippen LogP contribution is -2.25. The first-order valence-electron chi connectivity index (χ1n) is 12.1. The summed E-state index contributed by atoms with van der Waals surface area (Å²) in [5, 5.41) is 7.78. The number of allylic oxidation sites excluding steroid dienone is 1. The second-order valence-corrected chi connectivity index (χ2v) is 9.28. The number of fused-ring (bicyclic) bond motifs is 1. The van der Waals surface area contributed by atoms with Gasteiger partial charge in [-0.3, -0.25) is 4.79 Å². The van der Waals surface area contributed by atoms with Crippen molar-refractivity contribution in [3.8, 4) is 5.75 Å². The molecule has 2 atom stereocenters. The van der Waals surface area contributed by atoms with Crippen LogP contribution in [0.25, 0.3) is 5.65 Å². The molecule has 0 bridgehead atoms. The highest BCUT2D eigenvalue weighted by molar-refractivity contribution is 5.92. The van der Waals surface area contributed by atoms with Crippen LogP contribution in [0.1, 0.15) is 54.1 Å². The second-order valence-electron chi connectivity index (χ2n) is 9.28. The average molecular weight is 495 g/mol. The van der Waals surface area contributed by atoms with Crippen LogP contribution in [-0.4, -0.2) is 54.0 Å². The number of nitrogens with one attached hydrogen (secondary N) is 1. The zero-order valence-electron chi connectivity index (χ0n) is 20.7. The molecular weight excluding hydrogens is 463 g/mol. The van der Waals surface area contributed by atoms with E-state index in [1.54, 1.807) is 21.3 Å². The lowest BCUT2D eigenvalue weighted by Gasteiger charge is -2.30. The Morgan fingerprint density at radius 1 is 1.31 bits per heavy atom. The van der Waals surface area contributed by atoms with Gasteiger partial charge in [-0.1, -0.05) is 12.1 Å². The average Bonchev–Trinajstić information content (AvgIpc) is 3.43. The predicted molar refractivity (Wildman–Crippen MR) is 136 cm³/mol. The molecular formula is C26H31FN6O3. The molecule has 5 rings (SSSR count). The number of nitrogens with two attached hydrogens (primary N) is 1. The van der Waals surface area contributed by atoms with Crippen LogP contribution in [0.5, 0.6) is 5.75 Å². The lowest BCUT2D eigenvalue weighted by atomic mass is 9.81. The minimum atomic E-state index is -0.997. The molecule has 10 heteroatoms. The highest BCUT2D eigenvalue weighted by atomic mass is 19.1. The van der Waals surface area contributed by atoms with Crippen molar-refractivity contribution in [1.82, 2.24) is 14.6 Å². The van der Waals surface area contributed by atoms with Gasteiger partial charge in [-0.2, -0.15) is 0 Å². The normalized spacial score (nSPS) is 21.2. The number of amides is 1. The summed E-state index contributed by atoms with van der Waals surface area (Å²) in [4.78, 5) is 18.2. The van der Waals surface area contributed by atoms with E-state index in [-0.39, 0.29) is 5.69 Å². The zero-order chi connectivity index (χ0) is 25.4. The van der Waals surface area contributed by atoms with Gasteiger partial charge in [0.25, 0.3) is 5.91 Å². The third-order valence-corrected chi connectivity index (χ3v) is 7.08. The number of methoxy groups -OCH3 is 2. The van der Waals surface area contributed by atoms with E-state index in [4.69, 9.17) is 15.2 Å². The Morgan fingerprint density at radius 3 is 2.67 bits per heavy atom. The number of aromatic nitrogens is 3. The Balaban J connectivity index is 1.61. The van der Waals surface area contributed by atoms with Crippen molar-refractivity contribution >= 4 is 28.7 Å². The molecule has 9 nitrogen and oxygen atoms in total. The van der Waals surface area contributed by atoms with Gasteiger partial charge in [0.2, 0.25) is 0 Å². The summed E-state index contributed by atoms with van der Waals surface area (Å²) in [6, 6.07) is 7.42. The fourth-order valence-electron chi connectivity index (χ4n) is 5.18. The van der Waals surface area contributed by atoms with Gasteiger partial charge in [0.15, 0.2) is 11.5 Å². The minimum Gasteiger partial charge on any atom is -0.504 e. The Labute approximate surface area is 209 Å². The van der Waals surface area contributed by atoms with Crippen LogP contribution < -0.4 is 20.7 Å². The number of carbonyl (C=O) groups is 1. The number of ether oxygens (including phenoxy) is 2. The zero-order valence-corrected chi connectivity index (χ0v) is 20.7. The molecule has 2 aliphatic rings. The van der Waals surface area contributed by atoms with Crippen LogP contribution in [0.3, 0.4) is 0 Å². The number of hydrogen-bond donors (Lipinski definition) is 2. The smallest absolute Gasteiger partial charge is 0.269 e. The van der Waals surface area contributed by atoms with E-state index >= 15 is 0 Å². The maximum Gasteiger partial charge on any atom is 0.269 e. The SMILES string of the molecule is CNc1cc(N(c2cccc(C3CCC(=COC)CC3)c2OC)[C@@H]2C[C@@H]2F)nn2c(C(N)=O)cnc12. The number of nitrogens with zero attached hydrogens (tertiary/aromatic N) is 4. The second kappa shape index (κ2) is 9.67. The third-order valence-electron chi connectivity index (χ3n) is 7.08. The third kappa shape index (κ3) is 4.20. The van der Waals surface area contributed by atoms with Crippen LogP contribution >= 0.6 is 0 Å². The van der Waals surface area contributed by atoms with Crippen LogP contribution in [0.15, 0.2) is 42.3 Å². The summed E-state index contributed by atoms with van der Waals surface area (Å²) in [6.07, 6.45) is 6.51. The van der Waals surface area contributed by atoms with Crippen LogP contribution in [-0.2, 0) is 4.74 Å². The van der Waals surface area contributed by atoms with E-state index in [1.165, 1.54) is 16.3 Å². The molecule has 2 fully saturated rings. The molecule has 2 heterocycles. The minimum absolute atomic E-state index is 0.152. The lowest BCUT2D eigenvalue weighted by molar-refractivity contribution is 0.0993. The number of alkyl halides is 1. The quantitative estimate of drug-likeness (QED) is 0.449. The molecule has 1 amide bonds. The van der Waals surface area contributed by atoms with Gasteiger partial charge >= 0.3 is 0 Å². The van der Waals surface area contributed by atoms with Crippen LogP contribution in [0.4, 0.5) is 21.6 Å². The van der Waals surface area contributed by atoms with Crippen molar-refractivity contribution in [1.29, 1.82) is 0 Å². The Morgan fingerprint density at radius 2 is 2.06 bits per heavy atom. The molecule has 1 aromatic carbocycles. The number of hydrogen-bond acceptors (Lipinski definition) is 7. The number of para-hydroxylation sites is 1. The molecule has 0 spiro atoms. The van der Waals surface area contributed by atoms with E-state index < -0.39 is 18.1 Å². The molecule has 3 N–H and O–H groups in total. The topological polar surface area (TPSA) is 107 Å². The number of carbonyl (C=O) groups excluding carboxylic acids is 1. The summed E-state index contributed by atoms with van der Waals surface area (Å²) in [6.45, 7) is 0. The molecule has 2 saturated carbocycles. The first kappa shape index (κ1) is 23.9. The highest BCUT2D eigenvalue weighted by Crippen LogP contribution is 2.48. The molecule has 0 aliphatic heterocycles. The molecule has 2 aromatic heterocycles. The highest BCUT2D eigenvalue weighted by Gasteiger charge is 2.45. The van der Waals surface area contributed by atoms with Gasteiger partial charge in [0.1, 0.15) is 17.6 Å². The maximum atomic E-state index is 14.6. The van der Waals surface area contributed by atoms with E-state index in [0.29, 0.717) is 29.5 Å². The number of rotatable bonds is 8. The van der Waals surface area contributed by atoms with Gasteiger partial charge in [-0.05, 0) is 48.8 Å². The van der Waals surface area contributed by atoms with Gasteiger partial charge in [0, 0.05) is 19.5 Å². The molecule has 0 saturated heterocycles. The van der Waals surface area contributed by atoms with Gasteiger partial charge in [0.05, 0.1) is 44.1 Å². The molecule has 190 valence electrons. The summed E-state index contributed by atoms with van der Waals surface area (Å²) in [5.74, 6) is 0.861. The molecule has 0 radical (unpaired) electrons. The summed E-state index contributed by atoms with van der Waals surface area (Å²) in [5.41, 5.74) is 9.98. The van der Waals surface area contributed by atoms with E-state index in [0.717, 1.165) is 42.7 Å². The largest absolute Gasteiger partial charge is 0.504 e. The van der Waals surface area contributed by atoms with Crippen molar-refractivity contribution in [2.45, 2.75) is 50.2 Å². The van der Waals surface area contributed by atoms with E-state index in [1.807, 2.05) is 29.4 Å². The van der Waals surface area contributed by atoms with Crippen molar-refractivity contribution in [3.05, 3.63) is 53.6 Å². The predicted octanol–water partition coefficient (Wildman–Crippen LogP) is 4.31. The standard InChI is InChI=1S/C26H31FN6O3/c1-29-19-12-23(31-33-22(25(28)34)13-30-26(19)33)32(21-11-18(21)27)20-6-4-5-17(24(20)36-3)16-9-7-15(8-10-16)14-35-2/h4-6,12-14,16,18,21,29H,7-11H2,1-3H3,(H2,28,34)/t16?,18-,21+/m0/s1. The van der Waals surface area contributed by atoms with Gasteiger partial charge in [-0.15, -0.1) is 5.10 Å². The Bertz CT molecular complexity index is 1310. The number of primary amides is 1. The van der Waals surface area contributed by atoms with Crippen molar-refractivity contribution < 1.29 is 18.7 Å². The van der Waals surface area contributed by atoms with Crippen molar-refractivity contribution in [3.63, 3.8) is 0 Å². The first-order valence-corrected chi connectivity index (χ1v) is 12.1. The fraction of sp³-hybridized carbons (Fsp3) is 0.423. The Kier molecular flexibility index (Phi) is 6.42. The summed E-state index contributed by atoms with van der Waals surface area (Å²) < 4.78 is 27.2. The molecule has 3 aromatic rings.